The first-order valence-corrected chi connectivity index (χ1v) is 4.54. The van der Waals surface area contributed by atoms with Crippen molar-refractivity contribution in [1.29, 1.82) is 0 Å². The summed E-state index contributed by atoms with van der Waals surface area (Å²) in [5, 5.41) is -0.0456. The highest BCUT2D eigenvalue weighted by Crippen LogP contribution is 2.31. The third kappa shape index (κ3) is 2.42. The second kappa shape index (κ2) is 4.40. The van der Waals surface area contributed by atoms with Gasteiger partial charge in [0.2, 0.25) is 0 Å². The number of halogens is 5. The number of alkyl halides is 3. The quantitative estimate of drug-likeness (QED) is 0.566. The Hall–Kier alpha value is -0.120. The molecule has 1 aromatic rings. The van der Waals surface area contributed by atoms with Crippen molar-refractivity contribution in [3.05, 3.63) is 27.5 Å². The van der Waals surface area contributed by atoms with E-state index in [0.717, 1.165) is 0 Å². The highest BCUT2D eigenvalue weighted by Gasteiger charge is 2.18. The Balaban J connectivity index is 3.30. The third-order valence-electron chi connectivity index (χ3n) is 1.40. The first kappa shape index (κ1) is 11.0. The number of pyridine rings is 1. The van der Waals surface area contributed by atoms with Gasteiger partial charge >= 0.3 is 0 Å². The molecular weight excluding hydrogens is 242 g/mol. The molecule has 6 heteroatoms. The molecule has 0 amide bonds. The monoisotopic (exact) mass is 245 g/mol. The fourth-order valence-electron chi connectivity index (χ4n) is 0.874. The zero-order chi connectivity index (χ0) is 10.0. The summed E-state index contributed by atoms with van der Waals surface area (Å²) in [6, 6.07) is 1.17. The van der Waals surface area contributed by atoms with Crippen molar-refractivity contribution in [3.8, 4) is 0 Å². The van der Waals surface area contributed by atoms with Crippen LogP contribution in [0.3, 0.4) is 0 Å². The number of nitrogens with zero attached hydrogens (tertiary/aromatic N) is 1. The normalized spacial score (nSPS) is 10.9. The summed E-state index contributed by atoms with van der Waals surface area (Å²) in [6.07, 6.45) is -2.69. The van der Waals surface area contributed by atoms with Gasteiger partial charge in [0.05, 0.1) is 22.2 Å². The van der Waals surface area contributed by atoms with E-state index in [1.54, 1.807) is 0 Å². The van der Waals surface area contributed by atoms with E-state index >= 15 is 0 Å². The van der Waals surface area contributed by atoms with Crippen LogP contribution in [0.25, 0.3) is 0 Å². The molecule has 1 aromatic heterocycles. The Morgan fingerprint density at radius 1 is 1.38 bits per heavy atom. The highest BCUT2D eigenvalue weighted by atomic mass is 35.5. The van der Waals surface area contributed by atoms with Crippen molar-refractivity contribution < 1.29 is 8.78 Å². The molecule has 0 aliphatic carbocycles. The van der Waals surface area contributed by atoms with E-state index in [9.17, 15) is 8.78 Å². The maximum absolute atomic E-state index is 12.4. The summed E-state index contributed by atoms with van der Waals surface area (Å²) in [6.45, 7) is 0. The second-order valence-electron chi connectivity index (χ2n) is 2.22. The van der Waals surface area contributed by atoms with Crippen LogP contribution >= 0.6 is 34.8 Å². The van der Waals surface area contributed by atoms with Crippen LogP contribution in [0, 0.1) is 0 Å². The lowest BCUT2D eigenvalue weighted by Gasteiger charge is -2.07. The van der Waals surface area contributed by atoms with E-state index in [4.69, 9.17) is 34.8 Å². The molecule has 0 unspecified atom stereocenters. The molecule has 13 heavy (non-hydrogen) atoms. The molecule has 0 radical (unpaired) electrons. The van der Waals surface area contributed by atoms with Crippen molar-refractivity contribution >= 4 is 34.8 Å². The molecule has 0 aromatic carbocycles. The van der Waals surface area contributed by atoms with Crippen LogP contribution in [0.15, 0.2) is 6.07 Å². The van der Waals surface area contributed by atoms with Crippen molar-refractivity contribution in [2.45, 2.75) is 12.3 Å². The zero-order valence-electron chi connectivity index (χ0n) is 6.20. The molecule has 0 spiro atoms. The van der Waals surface area contributed by atoms with Gasteiger partial charge in [-0.25, -0.2) is 13.8 Å². The summed E-state index contributed by atoms with van der Waals surface area (Å²) in [4.78, 5) is 3.64. The molecule has 72 valence electrons. The van der Waals surface area contributed by atoms with Gasteiger partial charge in [-0.3, -0.25) is 0 Å². The van der Waals surface area contributed by atoms with Gasteiger partial charge in [0.15, 0.2) is 0 Å². The lowest BCUT2D eigenvalue weighted by Crippen LogP contribution is -1.97. The molecule has 0 aliphatic heterocycles. The van der Waals surface area contributed by atoms with Crippen molar-refractivity contribution in [2.24, 2.45) is 0 Å². The maximum atomic E-state index is 12.4. The van der Waals surface area contributed by atoms with E-state index in [-0.39, 0.29) is 27.3 Å². The van der Waals surface area contributed by atoms with Crippen LogP contribution in [-0.4, -0.2) is 4.98 Å². The molecule has 1 nitrogen and oxygen atoms in total. The van der Waals surface area contributed by atoms with E-state index in [2.05, 4.69) is 4.98 Å². The standard InChI is InChI=1S/C7H4Cl3F2N/c8-2-4-6(7(11)12)3(9)1-5(10)13-4/h1,7H,2H2. The molecule has 1 heterocycles. The van der Waals surface area contributed by atoms with Gasteiger partial charge in [0.1, 0.15) is 5.15 Å². The van der Waals surface area contributed by atoms with Crippen molar-refractivity contribution in [2.75, 3.05) is 0 Å². The van der Waals surface area contributed by atoms with E-state index < -0.39 is 6.43 Å². The zero-order valence-corrected chi connectivity index (χ0v) is 8.47. The molecule has 0 fully saturated rings. The predicted molar refractivity (Wildman–Crippen MR) is 48.8 cm³/mol. The fraction of sp³-hybridized carbons (Fsp3) is 0.286. The minimum absolute atomic E-state index is 0.0224. The van der Waals surface area contributed by atoms with Gasteiger partial charge in [-0.15, -0.1) is 11.6 Å². The summed E-state index contributed by atoms with van der Waals surface area (Å²) in [7, 11) is 0. The average Bonchev–Trinajstić information content (AvgIpc) is 2.01. The smallest absolute Gasteiger partial charge is 0.239 e. The number of aromatic nitrogens is 1. The fourth-order valence-corrected chi connectivity index (χ4v) is 1.64. The Kier molecular flexibility index (Phi) is 3.71. The predicted octanol–water partition coefficient (Wildman–Crippen LogP) is 4.06. The SMILES string of the molecule is FC(F)c1c(Cl)cc(Cl)nc1CCl. The van der Waals surface area contributed by atoms with Gasteiger partial charge in [0.25, 0.3) is 6.43 Å². The van der Waals surface area contributed by atoms with Crippen LogP contribution < -0.4 is 0 Å². The molecule has 0 N–H and O–H groups in total. The topological polar surface area (TPSA) is 12.9 Å². The number of hydrogen-bond acceptors (Lipinski definition) is 1. The average molecular weight is 246 g/mol. The van der Waals surface area contributed by atoms with Crippen LogP contribution in [-0.2, 0) is 5.88 Å². The largest absolute Gasteiger partial charge is 0.267 e. The molecular formula is C7H4Cl3F2N. The van der Waals surface area contributed by atoms with Gasteiger partial charge in [-0.2, -0.15) is 0 Å². The first-order valence-electron chi connectivity index (χ1n) is 3.25. The minimum Gasteiger partial charge on any atom is -0.239 e. The molecule has 0 saturated heterocycles. The van der Waals surface area contributed by atoms with Gasteiger partial charge in [-0.1, -0.05) is 23.2 Å². The van der Waals surface area contributed by atoms with Crippen LogP contribution in [0.2, 0.25) is 10.2 Å². The summed E-state index contributed by atoms with van der Waals surface area (Å²) >= 11 is 16.5. The number of hydrogen-bond donors (Lipinski definition) is 0. The van der Waals surface area contributed by atoms with Gasteiger partial charge < -0.3 is 0 Å². The van der Waals surface area contributed by atoms with Crippen LogP contribution in [0.5, 0.6) is 0 Å². The van der Waals surface area contributed by atoms with Crippen molar-refractivity contribution in [3.63, 3.8) is 0 Å². The Labute approximate surface area is 88.6 Å². The maximum Gasteiger partial charge on any atom is 0.267 e. The van der Waals surface area contributed by atoms with E-state index in [1.807, 2.05) is 0 Å². The van der Waals surface area contributed by atoms with Gasteiger partial charge in [-0.05, 0) is 6.07 Å². The lowest BCUT2D eigenvalue weighted by molar-refractivity contribution is 0.150. The van der Waals surface area contributed by atoms with E-state index in [1.165, 1.54) is 6.07 Å². The third-order valence-corrected chi connectivity index (χ3v) is 2.16. The van der Waals surface area contributed by atoms with Gasteiger partial charge in [0, 0.05) is 0 Å². The first-order chi connectivity index (χ1) is 6.06. The number of rotatable bonds is 2. The van der Waals surface area contributed by atoms with Crippen molar-refractivity contribution in [1.82, 2.24) is 4.98 Å². The molecule has 1 rings (SSSR count). The molecule has 0 saturated carbocycles. The lowest BCUT2D eigenvalue weighted by atomic mass is 10.2. The van der Waals surface area contributed by atoms with Crippen LogP contribution in [0.4, 0.5) is 8.78 Å². The molecule has 0 aliphatic rings. The Morgan fingerprint density at radius 2 is 2.00 bits per heavy atom. The second-order valence-corrected chi connectivity index (χ2v) is 3.28. The Morgan fingerprint density at radius 3 is 2.46 bits per heavy atom. The summed E-state index contributed by atoms with van der Waals surface area (Å²) in [5.74, 6) is -0.139. The Bertz CT molecular complexity index is 317. The summed E-state index contributed by atoms with van der Waals surface area (Å²) in [5.41, 5.74) is -0.324. The molecule has 0 atom stereocenters. The minimum atomic E-state index is -2.69. The highest BCUT2D eigenvalue weighted by molar-refractivity contribution is 6.34. The molecule has 0 bridgehead atoms. The summed E-state index contributed by atoms with van der Waals surface area (Å²) < 4.78 is 24.8. The van der Waals surface area contributed by atoms with Crippen LogP contribution in [0.1, 0.15) is 17.7 Å². The van der Waals surface area contributed by atoms with E-state index in [0.29, 0.717) is 0 Å².